The number of halogens is 1. The summed E-state index contributed by atoms with van der Waals surface area (Å²) in [6.45, 7) is 3.71. The van der Waals surface area contributed by atoms with Gasteiger partial charge in [-0.2, -0.15) is 0 Å². The number of nitrogens with two attached hydrogens (primary N) is 1. The minimum Gasteiger partial charge on any atom is -0.368 e. The molecule has 0 aliphatic heterocycles. The van der Waals surface area contributed by atoms with E-state index in [1.807, 2.05) is 13.8 Å². The Morgan fingerprint density at radius 2 is 2.18 bits per heavy atom. The first-order valence-corrected chi connectivity index (χ1v) is 5.25. The van der Waals surface area contributed by atoms with Gasteiger partial charge >= 0.3 is 0 Å². The minimum atomic E-state index is -0.500. The first-order valence-electron chi connectivity index (χ1n) is 5.25. The zero-order valence-corrected chi connectivity index (χ0v) is 9.81. The number of benzene rings is 1. The van der Waals surface area contributed by atoms with Crippen molar-refractivity contribution in [2.75, 3.05) is 11.4 Å². The van der Waals surface area contributed by atoms with E-state index in [0.717, 1.165) is 6.07 Å². The molecule has 0 atom stereocenters. The lowest BCUT2D eigenvalue weighted by Gasteiger charge is -2.28. The molecule has 0 aliphatic rings. The number of carbonyl (C=O) groups is 2. The van der Waals surface area contributed by atoms with Gasteiger partial charge in [-0.05, 0) is 32.0 Å². The predicted molar refractivity (Wildman–Crippen MR) is 63.5 cm³/mol. The van der Waals surface area contributed by atoms with Crippen LogP contribution in [-0.2, 0) is 4.79 Å². The molecule has 0 heterocycles. The fourth-order valence-electron chi connectivity index (χ4n) is 1.60. The standard InChI is InChI=1S/C12H15FN2O2/c1-8(2)15(6-12(14)17)11-4-3-10(13)5-9(11)7-16/h3-5,7-8H,6H2,1-2H3,(H2,14,17). The number of primary amides is 1. The molecule has 2 N–H and O–H groups in total. The zero-order valence-electron chi connectivity index (χ0n) is 9.81. The van der Waals surface area contributed by atoms with E-state index in [0.29, 0.717) is 12.0 Å². The summed E-state index contributed by atoms with van der Waals surface area (Å²) in [4.78, 5) is 23.5. The van der Waals surface area contributed by atoms with Crippen molar-refractivity contribution in [1.82, 2.24) is 0 Å². The van der Waals surface area contributed by atoms with E-state index in [1.54, 1.807) is 4.90 Å². The van der Waals surface area contributed by atoms with E-state index in [2.05, 4.69) is 0 Å². The molecule has 1 aromatic carbocycles. The molecule has 0 unspecified atom stereocenters. The molecule has 17 heavy (non-hydrogen) atoms. The van der Waals surface area contributed by atoms with Crippen molar-refractivity contribution in [3.63, 3.8) is 0 Å². The topological polar surface area (TPSA) is 63.4 Å². The Bertz CT molecular complexity index is 433. The summed E-state index contributed by atoms with van der Waals surface area (Å²) in [5, 5.41) is 0. The van der Waals surface area contributed by atoms with Crippen LogP contribution in [0.5, 0.6) is 0 Å². The third kappa shape index (κ3) is 3.27. The molecule has 92 valence electrons. The van der Waals surface area contributed by atoms with E-state index in [1.165, 1.54) is 12.1 Å². The van der Waals surface area contributed by atoms with Crippen LogP contribution in [0.15, 0.2) is 18.2 Å². The number of anilines is 1. The van der Waals surface area contributed by atoms with Crippen LogP contribution >= 0.6 is 0 Å². The summed E-state index contributed by atoms with van der Waals surface area (Å²) < 4.78 is 13.0. The Morgan fingerprint density at radius 1 is 1.53 bits per heavy atom. The molecule has 0 saturated heterocycles. The molecule has 0 bridgehead atoms. The van der Waals surface area contributed by atoms with Gasteiger partial charge in [0.2, 0.25) is 5.91 Å². The van der Waals surface area contributed by atoms with Crippen LogP contribution in [-0.4, -0.2) is 24.8 Å². The van der Waals surface area contributed by atoms with Crippen molar-refractivity contribution in [3.8, 4) is 0 Å². The largest absolute Gasteiger partial charge is 0.368 e. The van der Waals surface area contributed by atoms with Crippen LogP contribution in [0, 0.1) is 5.82 Å². The summed E-state index contributed by atoms with van der Waals surface area (Å²) in [6, 6.07) is 3.84. The van der Waals surface area contributed by atoms with E-state index in [9.17, 15) is 14.0 Å². The Labute approximate surface area is 99.2 Å². The minimum absolute atomic E-state index is 0.00978. The lowest BCUT2D eigenvalue weighted by Crippen LogP contribution is -2.39. The van der Waals surface area contributed by atoms with Crippen LogP contribution < -0.4 is 10.6 Å². The third-order valence-electron chi connectivity index (χ3n) is 2.38. The number of nitrogens with zero attached hydrogens (tertiary/aromatic N) is 1. The van der Waals surface area contributed by atoms with Gasteiger partial charge in [-0.3, -0.25) is 9.59 Å². The zero-order chi connectivity index (χ0) is 13.0. The fraction of sp³-hybridized carbons (Fsp3) is 0.333. The average Bonchev–Trinajstić information content (AvgIpc) is 2.25. The van der Waals surface area contributed by atoms with Crippen molar-refractivity contribution < 1.29 is 14.0 Å². The van der Waals surface area contributed by atoms with E-state index >= 15 is 0 Å². The number of carbonyl (C=O) groups excluding carboxylic acids is 2. The van der Waals surface area contributed by atoms with E-state index < -0.39 is 11.7 Å². The first-order chi connectivity index (χ1) is 7.95. The van der Waals surface area contributed by atoms with Crippen molar-refractivity contribution in [3.05, 3.63) is 29.6 Å². The van der Waals surface area contributed by atoms with Crippen molar-refractivity contribution in [1.29, 1.82) is 0 Å². The lowest BCUT2D eigenvalue weighted by atomic mass is 10.1. The maximum Gasteiger partial charge on any atom is 0.236 e. The fourth-order valence-corrected chi connectivity index (χ4v) is 1.60. The molecule has 0 aliphatic carbocycles. The van der Waals surface area contributed by atoms with Gasteiger partial charge in [0.05, 0.1) is 6.54 Å². The van der Waals surface area contributed by atoms with E-state index in [4.69, 9.17) is 5.73 Å². The van der Waals surface area contributed by atoms with Crippen LogP contribution in [0.25, 0.3) is 0 Å². The molecule has 0 spiro atoms. The molecule has 1 amide bonds. The molecule has 0 aromatic heterocycles. The second kappa shape index (κ2) is 5.43. The van der Waals surface area contributed by atoms with Gasteiger partial charge in [0.25, 0.3) is 0 Å². The highest BCUT2D eigenvalue weighted by atomic mass is 19.1. The van der Waals surface area contributed by atoms with Gasteiger partial charge in [-0.1, -0.05) is 0 Å². The normalized spacial score (nSPS) is 10.4. The maximum atomic E-state index is 13.0. The Kier molecular flexibility index (Phi) is 4.20. The molecular weight excluding hydrogens is 223 g/mol. The lowest BCUT2D eigenvalue weighted by molar-refractivity contribution is -0.116. The molecule has 5 heteroatoms. The third-order valence-corrected chi connectivity index (χ3v) is 2.38. The number of hydrogen-bond donors (Lipinski definition) is 1. The molecule has 0 radical (unpaired) electrons. The van der Waals surface area contributed by atoms with Crippen molar-refractivity contribution in [2.45, 2.75) is 19.9 Å². The molecular formula is C12H15FN2O2. The summed E-state index contributed by atoms with van der Waals surface area (Å²) in [7, 11) is 0. The summed E-state index contributed by atoms with van der Waals surface area (Å²) >= 11 is 0. The second-order valence-corrected chi connectivity index (χ2v) is 4.01. The summed E-state index contributed by atoms with van der Waals surface area (Å²) in [5.74, 6) is -0.987. The van der Waals surface area contributed by atoms with Gasteiger partial charge in [0.15, 0.2) is 6.29 Å². The Hall–Kier alpha value is -1.91. The second-order valence-electron chi connectivity index (χ2n) is 4.01. The highest BCUT2D eigenvalue weighted by Gasteiger charge is 2.16. The number of aldehydes is 1. The Balaban J connectivity index is 3.17. The molecule has 4 nitrogen and oxygen atoms in total. The van der Waals surface area contributed by atoms with Gasteiger partial charge in [0.1, 0.15) is 5.82 Å². The van der Waals surface area contributed by atoms with Crippen LogP contribution in [0.1, 0.15) is 24.2 Å². The molecule has 0 fully saturated rings. The quantitative estimate of drug-likeness (QED) is 0.787. The van der Waals surface area contributed by atoms with Gasteiger partial charge < -0.3 is 10.6 Å². The van der Waals surface area contributed by atoms with Crippen molar-refractivity contribution in [2.24, 2.45) is 5.73 Å². The van der Waals surface area contributed by atoms with E-state index in [-0.39, 0.29) is 18.2 Å². The smallest absolute Gasteiger partial charge is 0.236 e. The van der Waals surface area contributed by atoms with Gasteiger partial charge in [0, 0.05) is 17.3 Å². The number of amides is 1. The van der Waals surface area contributed by atoms with Crippen LogP contribution in [0.4, 0.5) is 10.1 Å². The molecule has 1 rings (SSSR count). The number of rotatable bonds is 5. The summed E-state index contributed by atoms with van der Waals surface area (Å²) in [5.41, 5.74) is 5.86. The Morgan fingerprint density at radius 3 is 2.65 bits per heavy atom. The number of hydrogen-bond acceptors (Lipinski definition) is 3. The van der Waals surface area contributed by atoms with Crippen LogP contribution in [0.2, 0.25) is 0 Å². The highest BCUT2D eigenvalue weighted by Crippen LogP contribution is 2.22. The van der Waals surface area contributed by atoms with Crippen LogP contribution in [0.3, 0.4) is 0 Å². The molecule has 0 saturated carbocycles. The monoisotopic (exact) mass is 238 g/mol. The molecule has 1 aromatic rings. The van der Waals surface area contributed by atoms with Gasteiger partial charge in [-0.25, -0.2) is 4.39 Å². The first kappa shape index (κ1) is 13.2. The average molecular weight is 238 g/mol. The maximum absolute atomic E-state index is 13.0. The van der Waals surface area contributed by atoms with Gasteiger partial charge in [-0.15, -0.1) is 0 Å². The predicted octanol–water partition coefficient (Wildman–Crippen LogP) is 1.34. The highest BCUT2D eigenvalue weighted by molar-refractivity contribution is 5.87. The van der Waals surface area contributed by atoms with Crippen molar-refractivity contribution >= 4 is 17.9 Å². The summed E-state index contributed by atoms with van der Waals surface area (Å²) in [6.07, 6.45) is 0.564. The SMILES string of the molecule is CC(C)N(CC(N)=O)c1ccc(F)cc1C=O.